The molecule has 0 radical (unpaired) electrons. The van der Waals surface area contributed by atoms with Crippen LogP contribution in [0.4, 0.5) is 5.13 Å². The smallest absolute Gasteiger partial charge is 0.218 e. The predicted molar refractivity (Wildman–Crippen MR) is 84.3 cm³/mol. The van der Waals surface area contributed by atoms with Crippen LogP contribution in [0.2, 0.25) is 0 Å². The second kappa shape index (κ2) is 5.81. The minimum Gasteiger partial charge on any atom is -0.345 e. The van der Waals surface area contributed by atoms with Crippen molar-refractivity contribution in [2.24, 2.45) is 0 Å². The Hall–Kier alpha value is -0.730. The largest absolute Gasteiger partial charge is 0.345 e. The molecule has 0 saturated carbocycles. The zero-order valence-corrected chi connectivity index (χ0v) is 14.2. The summed E-state index contributed by atoms with van der Waals surface area (Å²) in [7, 11) is -3.14. The monoisotopic (exact) mass is 330 g/mol. The van der Waals surface area contributed by atoms with Gasteiger partial charge in [0.05, 0.1) is 5.25 Å². The second-order valence-corrected chi connectivity index (χ2v) is 9.29. The first-order valence-corrected chi connectivity index (χ1v) is 9.88. The maximum absolute atomic E-state index is 12.6. The van der Waals surface area contributed by atoms with E-state index >= 15 is 0 Å². The van der Waals surface area contributed by atoms with Crippen molar-refractivity contribution in [3.8, 4) is 0 Å². The Bertz CT molecular complexity index is 593. The van der Waals surface area contributed by atoms with Gasteiger partial charge in [-0.25, -0.2) is 12.7 Å². The van der Waals surface area contributed by atoms with Crippen molar-refractivity contribution in [2.45, 2.75) is 44.3 Å². The van der Waals surface area contributed by atoms with E-state index in [9.17, 15) is 8.42 Å². The molecule has 1 atom stereocenters. The summed E-state index contributed by atoms with van der Waals surface area (Å²) in [6, 6.07) is 0. The van der Waals surface area contributed by atoms with E-state index in [0.29, 0.717) is 32.0 Å². The Balaban J connectivity index is 1.69. The fourth-order valence-corrected chi connectivity index (χ4v) is 5.73. The number of hydrogen-bond donors (Lipinski definition) is 0. The van der Waals surface area contributed by atoms with Crippen LogP contribution in [0.15, 0.2) is 0 Å². The fraction of sp³-hybridized carbons (Fsp3) is 0.846. The number of rotatable bonds is 4. The molecule has 0 amide bonds. The lowest BCUT2D eigenvalue weighted by atomic mass is 10.2. The van der Waals surface area contributed by atoms with Crippen LogP contribution in [0.25, 0.3) is 0 Å². The van der Waals surface area contributed by atoms with Gasteiger partial charge in [0, 0.05) is 32.1 Å². The van der Waals surface area contributed by atoms with Crippen molar-refractivity contribution in [1.82, 2.24) is 14.5 Å². The molecule has 0 aliphatic carbocycles. The van der Waals surface area contributed by atoms with Crippen LogP contribution in [0.5, 0.6) is 0 Å². The molecule has 2 fully saturated rings. The summed E-state index contributed by atoms with van der Waals surface area (Å²) in [6.07, 6.45) is 2.67. The first kappa shape index (κ1) is 15.2. The second-order valence-electron chi connectivity index (χ2n) is 6.09. The van der Waals surface area contributed by atoms with Gasteiger partial charge in [-0.05, 0) is 19.3 Å². The average molecular weight is 330 g/mol. The van der Waals surface area contributed by atoms with Crippen LogP contribution >= 0.6 is 11.3 Å². The molecule has 0 aromatic carbocycles. The maximum atomic E-state index is 12.6. The summed E-state index contributed by atoms with van der Waals surface area (Å²) in [5.41, 5.74) is 0. The summed E-state index contributed by atoms with van der Waals surface area (Å²) in [5.74, 6) is 0.364. The highest BCUT2D eigenvalue weighted by atomic mass is 32.2. The molecular weight excluding hydrogens is 308 g/mol. The first-order valence-electron chi connectivity index (χ1n) is 7.56. The highest BCUT2D eigenvalue weighted by Gasteiger charge is 2.39. The summed E-state index contributed by atoms with van der Waals surface area (Å²) >= 11 is 1.58. The molecular formula is C13H22N4O2S2. The molecule has 0 spiro atoms. The molecule has 1 aromatic heterocycles. The number of sulfonamides is 1. The fourth-order valence-electron chi connectivity index (χ4n) is 2.89. The number of hydrogen-bond acceptors (Lipinski definition) is 6. The van der Waals surface area contributed by atoms with Crippen LogP contribution < -0.4 is 4.90 Å². The van der Waals surface area contributed by atoms with Crippen molar-refractivity contribution in [2.75, 3.05) is 31.1 Å². The molecule has 6 nitrogen and oxygen atoms in total. The topological polar surface area (TPSA) is 66.4 Å². The molecule has 8 heteroatoms. The summed E-state index contributed by atoms with van der Waals surface area (Å²) in [6.45, 7) is 6.87. The minimum atomic E-state index is -3.14. The molecule has 21 heavy (non-hydrogen) atoms. The Morgan fingerprint density at radius 2 is 1.90 bits per heavy atom. The van der Waals surface area contributed by atoms with Crippen molar-refractivity contribution in [3.63, 3.8) is 0 Å². The highest BCUT2D eigenvalue weighted by Crippen LogP contribution is 2.31. The third-order valence-electron chi connectivity index (χ3n) is 4.19. The van der Waals surface area contributed by atoms with Gasteiger partial charge in [-0.3, -0.25) is 0 Å². The van der Waals surface area contributed by atoms with Gasteiger partial charge >= 0.3 is 0 Å². The molecule has 1 aromatic rings. The SMILES string of the molecule is CC(C)c1nnc(N2CCC(S(=O)(=O)N3CCCC3)C2)s1. The molecule has 1 unspecified atom stereocenters. The zero-order valence-electron chi connectivity index (χ0n) is 12.5. The van der Waals surface area contributed by atoms with Gasteiger partial charge in [0.1, 0.15) is 5.01 Å². The van der Waals surface area contributed by atoms with Crippen molar-refractivity contribution in [3.05, 3.63) is 5.01 Å². The summed E-state index contributed by atoms with van der Waals surface area (Å²) in [4.78, 5) is 2.07. The summed E-state index contributed by atoms with van der Waals surface area (Å²) < 4.78 is 26.9. The molecule has 0 N–H and O–H groups in total. The lowest BCUT2D eigenvalue weighted by molar-refractivity contribution is 0.467. The third kappa shape index (κ3) is 2.93. The predicted octanol–water partition coefficient (Wildman–Crippen LogP) is 1.67. The van der Waals surface area contributed by atoms with E-state index in [-0.39, 0.29) is 5.25 Å². The van der Waals surface area contributed by atoms with Gasteiger partial charge in [0.25, 0.3) is 0 Å². The van der Waals surface area contributed by atoms with Gasteiger partial charge in [-0.15, -0.1) is 10.2 Å². The van der Waals surface area contributed by atoms with E-state index in [4.69, 9.17) is 0 Å². The Morgan fingerprint density at radius 3 is 2.52 bits per heavy atom. The van der Waals surface area contributed by atoms with E-state index < -0.39 is 10.0 Å². The first-order chi connectivity index (χ1) is 9.98. The van der Waals surface area contributed by atoms with Crippen molar-refractivity contribution in [1.29, 1.82) is 0 Å². The Kier molecular flexibility index (Phi) is 4.20. The summed E-state index contributed by atoms with van der Waals surface area (Å²) in [5, 5.41) is 9.99. The molecule has 2 saturated heterocycles. The molecule has 2 aliphatic heterocycles. The van der Waals surface area contributed by atoms with E-state index in [0.717, 1.165) is 29.5 Å². The zero-order chi connectivity index (χ0) is 15.0. The van der Waals surface area contributed by atoms with E-state index in [1.54, 1.807) is 15.6 Å². The molecule has 3 rings (SSSR count). The van der Waals surface area contributed by atoms with Crippen LogP contribution in [0, 0.1) is 0 Å². The lowest BCUT2D eigenvalue weighted by Gasteiger charge is -2.20. The molecule has 3 heterocycles. The van der Waals surface area contributed by atoms with Gasteiger partial charge in [0.15, 0.2) is 0 Å². The van der Waals surface area contributed by atoms with Gasteiger partial charge < -0.3 is 4.90 Å². The number of anilines is 1. The third-order valence-corrected chi connectivity index (χ3v) is 7.78. The minimum absolute atomic E-state index is 0.290. The molecule has 2 aliphatic rings. The lowest BCUT2D eigenvalue weighted by Crippen LogP contribution is -2.38. The van der Waals surface area contributed by atoms with Crippen LogP contribution in [0.1, 0.15) is 44.0 Å². The molecule has 0 bridgehead atoms. The number of nitrogens with zero attached hydrogens (tertiary/aromatic N) is 4. The van der Waals surface area contributed by atoms with Crippen LogP contribution in [0.3, 0.4) is 0 Å². The van der Waals surface area contributed by atoms with Gasteiger partial charge in [-0.1, -0.05) is 25.2 Å². The standard InChI is InChI=1S/C13H22N4O2S2/c1-10(2)12-14-15-13(20-12)16-8-5-11(9-16)21(18,19)17-6-3-4-7-17/h10-11H,3-9H2,1-2H3. The van der Waals surface area contributed by atoms with Crippen molar-refractivity contribution >= 4 is 26.5 Å². The molecule has 118 valence electrons. The van der Waals surface area contributed by atoms with E-state index in [2.05, 4.69) is 28.9 Å². The maximum Gasteiger partial charge on any atom is 0.218 e. The average Bonchev–Trinajstić information content (AvgIpc) is 3.19. The van der Waals surface area contributed by atoms with Crippen LogP contribution in [-0.2, 0) is 10.0 Å². The van der Waals surface area contributed by atoms with E-state index in [1.807, 2.05) is 0 Å². The van der Waals surface area contributed by atoms with Crippen LogP contribution in [-0.4, -0.2) is 54.3 Å². The normalized spacial score (nSPS) is 24.3. The highest BCUT2D eigenvalue weighted by molar-refractivity contribution is 7.89. The van der Waals surface area contributed by atoms with Crippen molar-refractivity contribution < 1.29 is 8.42 Å². The van der Waals surface area contributed by atoms with Gasteiger partial charge in [-0.2, -0.15) is 0 Å². The number of aromatic nitrogens is 2. The quantitative estimate of drug-likeness (QED) is 0.840. The van der Waals surface area contributed by atoms with Gasteiger partial charge in [0.2, 0.25) is 15.2 Å². The van der Waals surface area contributed by atoms with E-state index in [1.165, 1.54) is 0 Å². The Labute approximate surface area is 130 Å². The Morgan fingerprint density at radius 1 is 1.19 bits per heavy atom.